The molecule has 0 atom stereocenters. The van der Waals surface area contributed by atoms with E-state index < -0.39 is 0 Å². The van der Waals surface area contributed by atoms with Gasteiger partial charge in [0.25, 0.3) is 5.91 Å². The summed E-state index contributed by atoms with van der Waals surface area (Å²) >= 11 is 1.38. The van der Waals surface area contributed by atoms with Crippen LogP contribution < -0.4 is 10.2 Å². The molecule has 0 unspecified atom stereocenters. The fraction of sp³-hybridized carbons (Fsp3) is 0.208. The van der Waals surface area contributed by atoms with Crippen molar-refractivity contribution in [2.24, 2.45) is 0 Å². The summed E-state index contributed by atoms with van der Waals surface area (Å²) in [7, 11) is 0. The molecule has 2 heterocycles. The number of hydrogen-bond donors (Lipinski definition) is 2. The third-order valence-electron chi connectivity index (χ3n) is 5.18. The second kappa shape index (κ2) is 9.14. The molecule has 0 spiro atoms. The van der Waals surface area contributed by atoms with E-state index in [2.05, 4.69) is 51.1 Å². The predicted molar refractivity (Wildman–Crippen MR) is 128 cm³/mol. The van der Waals surface area contributed by atoms with Crippen molar-refractivity contribution in [2.75, 3.05) is 23.3 Å². The van der Waals surface area contributed by atoms with Gasteiger partial charge in [0.1, 0.15) is 5.82 Å². The maximum absolute atomic E-state index is 13.0. The van der Waals surface area contributed by atoms with E-state index in [0.29, 0.717) is 22.3 Å². The smallest absolute Gasteiger partial charge is 0.278 e. The van der Waals surface area contributed by atoms with Crippen molar-refractivity contribution in [1.29, 1.82) is 0 Å². The first kappa shape index (κ1) is 20.8. The Morgan fingerprint density at radius 1 is 1.03 bits per heavy atom. The van der Waals surface area contributed by atoms with Gasteiger partial charge in [-0.25, -0.2) is 9.97 Å². The number of nitrogens with one attached hydrogen (secondary N) is 2. The lowest BCUT2D eigenvalue weighted by Gasteiger charge is -2.20. The number of anilines is 2. The predicted octanol–water partition coefficient (Wildman–Crippen LogP) is 5.61. The van der Waals surface area contributed by atoms with Crippen LogP contribution in [0.2, 0.25) is 0 Å². The molecule has 2 aromatic heterocycles. The maximum Gasteiger partial charge on any atom is 0.278 e. The van der Waals surface area contributed by atoms with Crippen LogP contribution in [0, 0.1) is 6.92 Å². The molecule has 0 saturated heterocycles. The van der Waals surface area contributed by atoms with Gasteiger partial charge >= 0.3 is 0 Å². The Morgan fingerprint density at radius 2 is 1.71 bits per heavy atom. The number of aromatic nitrogens is 3. The van der Waals surface area contributed by atoms with Crippen molar-refractivity contribution >= 4 is 28.1 Å². The Bertz CT molecular complexity index is 1140. The topological polar surface area (TPSA) is 73.9 Å². The number of rotatable bonds is 7. The molecule has 6 nitrogen and oxygen atoms in total. The Hall–Kier alpha value is -3.45. The zero-order valence-corrected chi connectivity index (χ0v) is 18.7. The van der Waals surface area contributed by atoms with E-state index in [4.69, 9.17) is 0 Å². The summed E-state index contributed by atoms with van der Waals surface area (Å²) in [6.45, 7) is 8.23. The second-order valence-electron chi connectivity index (χ2n) is 7.19. The quantitative estimate of drug-likeness (QED) is 0.399. The summed E-state index contributed by atoms with van der Waals surface area (Å²) in [4.78, 5) is 27.5. The van der Waals surface area contributed by atoms with E-state index in [9.17, 15) is 4.79 Å². The summed E-state index contributed by atoms with van der Waals surface area (Å²) in [5.74, 6) is 0.374. The summed E-state index contributed by atoms with van der Waals surface area (Å²) in [5.41, 5.74) is 5.20. The number of thiazole rings is 1. The molecule has 7 heteroatoms. The highest BCUT2D eigenvalue weighted by Gasteiger charge is 2.20. The molecule has 0 aliphatic rings. The van der Waals surface area contributed by atoms with Crippen LogP contribution in [0.25, 0.3) is 22.6 Å². The lowest BCUT2D eigenvalue weighted by molar-refractivity contribution is 0.102. The molecule has 0 saturated carbocycles. The Balaban J connectivity index is 1.72. The zero-order valence-electron chi connectivity index (χ0n) is 17.8. The molecule has 0 fully saturated rings. The highest BCUT2D eigenvalue weighted by molar-refractivity contribution is 7.13. The number of benzene rings is 2. The Labute approximate surface area is 186 Å². The maximum atomic E-state index is 13.0. The second-order valence-corrected chi connectivity index (χ2v) is 8.08. The minimum absolute atomic E-state index is 0.284. The van der Waals surface area contributed by atoms with Gasteiger partial charge in [-0.2, -0.15) is 0 Å². The lowest BCUT2D eigenvalue weighted by Crippen LogP contribution is -2.21. The monoisotopic (exact) mass is 431 g/mol. The number of carbonyl (C=O) groups is 1. The molecule has 0 aliphatic carbocycles. The zero-order chi connectivity index (χ0) is 21.8. The van der Waals surface area contributed by atoms with Crippen molar-refractivity contribution < 1.29 is 4.79 Å². The fourth-order valence-electron chi connectivity index (χ4n) is 3.46. The van der Waals surface area contributed by atoms with E-state index >= 15 is 0 Å². The van der Waals surface area contributed by atoms with Crippen LogP contribution in [-0.2, 0) is 0 Å². The SMILES string of the molecule is CCN(CC)c1ccc(-c2nc(C(=O)Nc3nccs3)c(-c3ccc(C)cc3)[nH]2)cc1. The van der Waals surface area contributed by atoms with E-state index in [-0.39, 0.29) is 5.91 Å². The van der Waals surface area contributed by atoms with Crippen LogP contribution in [0.4, 0.5) is 10.8 Å². The number of H-pyrrole nitrogens is 1. The first-order chi connectivity index (χ1) is 15.1. The molecule has 4 rings (SSSR count). The first-order valence-corrected chi connectivity index (χ1v) is 11.2. The average molecular weight is 432 g/mol. The van der Waals surface area contributed by atoms with Crippen LogP contribution >= 0.6 is 11.3 Å². The largest absolute Gasteiger partial charge is 0.372 e. The number of nitrogens with zero attached hydrogens (tertiary/aromatic N) is 3. The van der Waals surface area contributed by atoms with Crippen molar-refractivity contribution in [3.05, 3.63) is 71.4 Å². The van der Waals surface area contributed by atoms with E-state index in [1.54, 1.807) is 6.20 Å². The standard InChI is InChI=1S/C24H25N5OS/c1-4-29(5-2)19-12-10-18(11-13-19)22-26-20(17-8-6-16(3)7-9-17)21(27-22)23(30)28-24-25-14-15-31-24/h6-15H,4-5H2,1-3H3,(H,26,27)(H,25,28,30). The minimum atomic E-state index is -0.284. The molecule has 4 aromatic rings. The average Bonchev–Trinajstić information content (AvgIpc) is 3.46. The van der Waals surface area contributed by atoms with Gasteiger partial charge in [0.2, 0.25) is 0 Å². The molecule has 1 amide bonds. The van der Waals surface area contributed by atoms with Gasteiger partial charge in [0.05, 0.1) is 5.69 Å². The minimum Gasteiger partial charge on any atom is -0.372 e. The van der Waals surface area contributed by atoms with Crippen molar-refractivity contribution in [2.45, 2.75) is 20.8 Å². The van der Waals surface area contributed by atoms with Crippen LogP contribution in [0.15, 0.2) is 60.1 Å². The molecule has 2 N–H and O–H groups in total. The van der Waals surface area contributed by atoms with E-state index in [0.717, 1.165) is 29.8 Å². The van der Waals surface area contributed by atoms with Gasteiger partial charge in [-0.15, -0.1) is 11.3 Å². The van der Waals surface area contributed by atoms with E-state index in [1.807, 2.05) is 48.7 Å². The summed E-state index contributed by atoms with van der Waals surface area (Å²) in [6.07, 6.45) is 1.66. The molecule has 0 aliphatic heterocycles. The molecule has 2 aromatic carbocycles. The highest BCUT2D eigenvalue weighted by Crippen LogP contribution is 2.28. The summed E-state index contributed by atoms with van der Waals surface area (Å²) in [5, 5.41) is 5.22. The molecule has 0 radical (unpaired) electrons. The highest BCUT2D eigenvalue weighted by atomic mass is 32.1. The van der Waals surface area contributed by atoms with Crippen molar-refractivity contribution in [3.8, 4) is 22.6 Å². The summed E-state index contributed by atoms with van der Waals surface area (Å²) in [6, 6.07) is 16.3. The Morgan fingerprint density at radius 3 is 2.32 bits per heavy atom. The third-order valence-corrected chi connectivity index (χ3v) is 5.87. The number of hydrogen-bond acceptors (Lipinski definition) is 5. The number of carbonyl (C=O) groups excluding carboxylic acids is 1. The molecule has 158 valence electrons. The van der Waals surface area contributed by atoms with Gasteiger partial charge in [-0.3, -0.25) is 10.1 Å². The van der Waals surface area contributed by atoms with Gasteiger partial charge < -0.3 is 9.88 Å². The normalized spacial score (nSPS) is 10.8. The first-order valence-electron chi connectivity index (χ1n) is 10.3. The van der Waals surface area contributed by atoms with Crippen LogP contribution in [0.3, 0.4) is 0 Å². The van der Waals surface area contributed by atoms with Crippen LogP contribution in [-0.4, -0.2) is 33.9 Å². The molecular weight excluding hydrogens is 406 g/mol. The van der Waals surface area contributed by atoms with Gasteiger partial charge in [0.15, 0.2) is 10.8 Å². The molecule has 0 bridgehead atoms. The van der Waals surface area contributed by atoms with Crippen molar-refractivity contribution in [3.63, 3.8) is 0 Å². The van der Waals surface area contributed by atoms with Gasteiger partial charge in [0, 0.05) is 41.5 Å². The summed E-state index contributed by atoms with van der Waals surface area (Å²) < 4.78 is 0. The Kier molecular flexibility index (Phi) is 6.13. The lowest BCUT2D eigenvalue weighted by atomic mass is 10.1. The van der Waals surface area contributed by atoms with Crippen LogP contribution in [0.1, 0.15) is 29.9 Å². The molecule has 31 heavy (non-hydrogen) atoms. The number of aromatic amines is 1. The van der Waals surface area contributed by atoms with Crippen molar-refractivity contribution in [1.82, 2.24) is 15.0 Å². The third kappa shape index (κ3) is 4.51. The van der Waals surface area contributed by atoms with Gasteiger partial charge in [-0.05, 0) is 45.0 Å². The number of aryl methyl sites for hydroxylation is 1. The number of imidazole rings is 1. The van der Waals surface area contributed by atoms with Gasteiger partial charge in [-0.1, -0.05) is 29.8 Å². The van der Waals surface area contributed by atoms with E-state index in [1.165, 1.54) is 17.0 Å². The number of amides is 1. The molecular formula is C24H25N5OS. The fourth-order valence-corrected chi connectivity index (χ4v) is 3.99. The van der Waals surface area contributed by atoms with Crippen LogP contribution in [0.5, 0.6) is 0 Å².